The molecule has 3 rings (SSSR count). The summed E-state index contributed by atoms with van der Waals surface area (Å²) in [5.74, 6) is 0.894. The van der Waals surface area contributed by atoms with Crippen LogP contribution in [0.5, 0.6) is 0 Å². The molecule has 1 aliphatic heterocycles. The Balaban J connectivity index is 0.00000176. The number of carbonyl (C=O) groups excluding carboxylic acids is 1. The van der Waals surface area contributed by atoms with Gasteiger partial charge in [0.2, 0.25) is 5.91 Å². The van der Waals surface area contributed by atoms with E-state index in [1.54, 1.807) is 0 Å². The number of amides is 1. The van der Waals surface area contributed by atoms with Crippen LogP contribution in [0, 0.1) is 0 Å². The van der Waals surface area contributed by atoms with Crippen LogP contribution in [0.1, 0.15) is 56.4 Å². The van der Waals surface area contributed by atoms with Gasteiger partial charge in [0.1, 0.15) is 0 Å². The molecule has 0 bridgehead atoms. The number of nitrogens with one attached hydrogen (secondary N) is 2. The maximum atomic E-state index is 12.2. The van der Waals surface area contributed by atoms with Crippen LogP contribution in [0.3, 0.4) is 0 Å². The fourth-order valence-corrected chi connectivity index (χ4v) is 3.67. The van der Waals surface area contributed by atoms with Gasteiger partial charge in [-0.2, -0.15) is 0 Å². The molecule has 4 heteroatoms. The van der Waals surface area contributed by atoms with Crippen molar-refractivity contribution < 1.29 is 4.79 Å². The highest BCUT2D eigenvalue weighted by atomic mass is 35.5. The second kappa shape index (κ2) is 8.54. The van der Waals surface area contributed by atoms with Gasteiger partial charge in [-0.1, -0.05) is 36.8 Å². The summed E-state index contributed by atoms with van der Waals surface area (Å²) in [5.41, 5.74) is 1.45. The zero-order chi connectivity index (χ0) is 14.5. The average Bonchev–Trinajstić information content (AvgIpc) is 2.57. The maximum Gasteiger partial charge on any atom is 0.237 e. The van der Waals surface area contributed by atoms with E-state index in [1.807, 2.05) is 0 Å². The highest BCUT2D eigenvalue weighted by Gasteiger charge is 2.26. The SMILES string of the molecule is Cl.O=C(NC1CCC(c2ccccc2)CC1)C1CCCCN1. The fraction of sp³-hybridized carbons (Fsp3) is 0.611. The van der Waals surface area contributed by atoms with Gasteiger partial charge in [-0.25, -0.2) is 0 Å². The molecule has 1 unspecified atom stereocenters. The molecule has 2 N–H and O–H groups in total. The third kappa shape index (κ3) is 4.47. The van der Waals surface area contributed by atoms with Crippen LogP contribution in [0.2, 0.25) is 0 Å². The van der Waals surface area contributed by atoms with E-state index < -0.39 is 0 Å². The van der Waals surface area contributed by atoms with Crippen molar-refractivity contribution in [3.63, 3.8) is 0 Å². The minimum atomic E-state index is 0. The Kier molecular flexibility index (Phi) is 6.71. The lowest BCUT2D eigenvalue weighted by Crippen LogP contribution is -2.50. The first-order valence-corrected chi connectivity index (χ1v) is 8.41. The van der Waals surface area contributed by atoms with Crippen LogP contribution in [0.15, 0.2) is 30.3 Å². The lowest BCUT2D eigenvalue weighted by molar-refractivity contribution is -0.124. The van der Waals surface area contributed by atoms with Gasteiger partial charge in [-0.05, 0) is 56.6 Å². The molecular weight excluding hydrogens is 296 g/mol. The number of hydrogen-bond donors (Lipinski definition) is 2. The molecule has 1 saturated heterocycles. The first-order chi connectivity index (χ1) is 10.3. The molecule has 1 aromatic carbocycles. The number of benzene rings is 1. The van der Waals surface area contributed by atoms with Crippen molar-refractivity contribution in [2.75, 3.05) is 6.54 Å². The molecule has 1 saturated carbocycles. The predicted molar refractivity (Wildman–Crippen MR) is 92.5 cm³/mol. The molecule has 0 radical (unpaired) electrons. The summed E-state index contributed by atoms with van der Waals surface area (Å²) < 4.78 is 0. The van der Waals surface area contributed by atoms with E-state index in [1.165, 1.54) is 31.2 Å². The van der Waals surface area contributed by atoms with Crippen molar-refractivity contribution in [1.29, 1.82) is 0 Å². The van der Waals surface area contributed by atoms with Gasteiger partial charge in [0, 0.05) is 6.04 Å². The molecule has 2 fully saturated rings. The van der Waals surface area contributed by atoms with Crippen LogP contribution in [0.25, 0.3) is 0 Å². The summed E-state index contributed by atoms with van der Waals surface area (Å²) in [6, 6.07) is 11.2. The standard InChI is InChI=1S/C18H26N2O.ClH/c21-18(17-8-4-5-13-19-17)20-16-11-9-15(10-12-16)14-6-2-1-3-7-14;/h1-3,6-7,15-17,19H,4-5,8-13H2,(H,20,21);1H. The van der Waals surface area contributed by atoms with Crippen molar-refractivity contribution in [1.82, 2.24) is 10.6 Å². The van der Waals surface area contributed by atoms with Crippen molar-refractivity contribution in [3.05, 3.63) is 35.9 Å². The van der Waals surface area contributed by atoms with E-state index in [9.17, 15) is 4.79 Å². The van der Waals surface area contributed by atoms with Gasteiger partial charge in [0.15, 0.2) is 0 Å². The molecule has 2 aliphatic rings. The van der Waals surface area contributed by atoms with Gasteiger partial charge < -0.3 is 10.6 Å². The quantitative estimate of drug-likeness (QED) is 0.895. The fourth-order valence-electron chi connectivity index (χ4n) is 3.67. The Hall–Kier alpha value is -1.06. The number of carbonyl (C=O) groups is 1. The summed E-state index contributed by atoms with van der Waals surface area (Å²) in [6.45, 7) is 0.985. The second-order valence-electron chi connectivity index (χ2n) is 6.47. The summed E-state index contributed by atoms with van der Waals surface area (Å²) in [5, 5.41) is 6.59. The van der Waals surface area contributed by atoms with Crippen molar-refractivity contribution in [2.45, 2.75) is 62.9 Å². The van der Waals surface area contributed by atoms with Crippen LogP contribution in [-0.4, -0.2) is 24.5 Å². The zero-order valence-electron chi connectivity index (χ0n) is 13.1. The van der Waals surface area contributed by atoms with Crippen molar-refractivity contribution in [2.24, 2.45) is 0 Å². The average molecular weight is 323 g/mol. The Labute approximate surface area is 139 Å². The molecule has 1 aliphatic carbocycles. The Morgan fingerprint density at radius 3 is 2.36 bits per heavy atom. The smallest absolute Gasteiger partial charge is 0.237 e. The largest absolute Gasteiger partial charge is 0.352 e. The van der Waals surface area contributed by atoms with Crippen LogP contribution in [-0.2, 0) is 4.79 Å². The molecule has 1 amide bonds. The first kappa shape index (κ1) is 17.3. The summed E-state index contributed by atoms with van der Waals surface area (Å²) in [4.78, 5) is 12.2. The normalized spacial score (nSPS) is 28.5. The molecule has 0 spiro atoms. The van der Waals surface area contributed by atoms with E-state index in [2.05, 4.69) is 41.0 Å². The molecule has 122 valence electrons. The zero-order valence-corrected chi connectivity index (χ0v) is 13.9. The van der Waals surface area contributed by atoms with E-state index in [4.69, 9.17) is 0 Å². The second-order valence-corrected chi connectivity index (χ2v) is 6.47. The van der Waals surface area contributed by atoms with Gasteiger partial charge in [-0.3, -0.25) is 4.79 Å². The third-order valence-electron chi connectivity index (χ3n) is 4.97. The highest BCUT2D eigenvalue weighted by molar-refractivity contribution is 5.85. The van der Waals surface area contributed by atoms with E-state index in [0.29, 0.717) is 12.0 Å². The minimum Gasteiger partial charge on any atom is -0.352 e. The molecule has 3 nitrogen and oxygen atoms in total. The van der Waals surface area contributed by atoms with Gasteiger partial charge in [-0.15, -0.1) is 12.4 Å². The summed E-state index contributed by atoms with van der Waals surface area (Å²) >= 11 is 0. The molecule has 1 aromatic rings. The number of piperidine rings is 1. The Bertz CT molecular complexity index is 451. The molecule has 1 heterocycles. The van der Waals surface area contributed by atoms with Crippen LogP contribution >= 0.6 is 12.4 Å². The predicted octanol–water partition coefficient (Wildman–Crippen LogP) is 3.39. The number of rotatable bonds is 3. The maximum absolute atomic E-state index is 12.2. The summed E-state index contributed by atoms with van der Waals surface area (Å²) in [6.07, 6.45) is 7.96. The van der Waals surface area contributed by atoms with Gasteiger partial charge in [0.05, 0.1) is 6.04 Å². The number of halogens is 1. The number of hydrogen-bond acceptors (Lipinski definition) is 2. The highest BCUT2D eigenvalue weighted by Crippen LogP contribution is 2.32. The van der Waals surface area contributed by atoms with E-state index >= 15 is 0 Å². The molecule has 22 heavy (non-hydrogen) atoms. The molecular formula is C18H27ClN2O. The topological polar surface area (TPSA) is 41.1 Å². The molecule has 0 aromatic heterocycles. The summed E-state index contributed by atoms with van der Waals surface area (Å²) in [7, 11) is 0. The van der Waals surface area contributed by atoms with Gasteiger partial charge in [0.25, 0.3) is 0 Å². The van der Waals surface area contributed by atoms with Crippen LogP contribution in [0.4, 0.5) is 0 Å². The van der Waals surface area contributed by atoms with E-state index in [-0.39, 0.29) is 24.4 Å². The first-order valence-electron chi connectivity index (χ1n) is 8.41. The lowest BCUT2D eigenvalue weighted by Gasteiger charge is -2.31. The minimum absolute atomic E-state index is 0. The van der Waals surface area contributed by atoms with Gasteiger partial charge >= 0.3 is 0 Å². The Morgan fingerprint density at radius 1 is 1.00 bits per heavy atom. The monoisotopic (exact) mass is 322 g/mol. The van der Waals surface area contributed by atoms with Crippen molar-refractivity contribution >= 4 is 18.3 Å². The molecule has 1 atom stereocenters. The van der Waals surface area contributed by atoms with Crippen LogP contribution < -0.4 is 10.6 Å². The third-order valence-corrected chi connectivity index (χ3v) is 4.97. The lowest BCUT2D eigenvalue weighted by atomic mass is 9.81. The van der Waals surface area contributed by atoms with E-state index in [0.717, 1.165) is 25.8 Å². The Morgan fingerprint density at radius 2 is 1.73 bits per heavy atom. The van der Waals surface area contributed by atoms with Crippen molar-refractivity contribution in [3.8, 4) is 0 Å².